The van der Waals surface area contributed by atoms with Crippen LogP contribution < -0.4 is 0 Å². The predicted octanol–water partition coefficient (Wildman–Crippen LogP) is 5.81. The highest BCUT2D eigenvalue weighted by Crippen LogP contribution is 2.57. The van der Waals surface area contributed by atoms with Crippen LogP contribution in [0.4, 0.5) is 0 Å². The lowest BCUT2D eigenvalue weighted by atomic mass is 9.55. The molecule has 2 aliphatic carbocycles. The summed E-state index contributed by atoms with van der Waals surface area (Å²) in [5, 5.41) is 0.864. The monoisotopic (exact) mass is 388 g/mol. The molecule has 150 valence electrons. The van der Waals surface area contributed by atoms with E-state index in [0.29, 0.717) is 11.0 Å². The molecule has 1 aliphatic heterocycles. The Morgan fingerprint density at radius 3 is 2.22 bits per heavy atom. The molecule has 0 radical (unpaired) electrons. The van der Waals surface area contributed by atoms with Crippen molar-refractivity contribution in [3.8, 4) is 0 Å². The Balaban J connectivity index is 1.43. The van der Waals surface area contributed by atoms with Gasteiger partial charge in [0, 0.05) is 43.3 Å². The van der Waals surface area contributed by atoms with E-state index in [2.05, 4.69) is 54.8 Å². The molecule has 1 aromatic rings. The van der Waals surface area contributed by atoms with Crippen molar-refractivity contribution >= 4 is 11.6 Å². The van der Waals surface area contributed by atoms with Crippen LogP contribution in [0.1, 0.15) is 70.8 Å². The maximum atomic E-state index is 6.17. The summed E-state index contributed by atoms with van der Waals surface area (Å²) >= 11 is 6.17. The quantitative estimate of drug-likeness (QED) is 0.644. The van der Waals surface area contributed by atoms with E-state index in [1.807, 2.05) is 0 Å². The SMILES string of the molecule is CC(C)(C)N1CCN(CC2CCC3(CCC3)CC2c2ccc(Cl)cc2)CC1. The Morgan fingerprint density at radius 2 is 1.67 bits per heavy atom. The number of nitrogens with zero attached hydrogens (tertiary/aromatic N) is 2. The van der Waals surface area contributed by atoms with Crippen molar-refractivity contribution in [2.24, 2.45) is 11.3 Å². The fourth-order valence-corrected chi connectivity index (χ4v) is 5.94. The molecule has 0 N–H and O–H groups in total. The lowest BCUT2D eigenvalue weighted by Gasteiger charge is -2.52. The third-order valence-corrected chi connectivity index (χ3v) is 8.05. The van der Waals surface area contributed by atoms with E-state index in [4.69, 9.17) is 11.6 Å². The van der Waals surface area contributed by atoms with Crippen molar-refractivity contribution in [2.75, 3.05) is 32.7 Å². The smallest absolute Gasteiger partial charge is 0.0406 e. The fraction of sp³-hybridized carbons (Fsp3) is 0.750. The summed E-state index contributed by atoms with van der Waals surface area (Å²) in [7, 11) is 0. The molecule has 3 fully saturated rings. The van der Waals surface area contributed by atoms with Crippen LogP contribution in [0.5, 0.6) is 0 Å². The molecule has 1 heterocycles. The zero-order chi connectivity index (χ0) is 19.1. The van der Waals surface area contributed by atoms with Gasteiger partial charge in [0.2, 0.25) is 0 Å². The Kier molecular flexibility index (Phi) is 5.62. The van der Waals surface area contributed by atoms with Crippen LogP contribution >= 0.6 is 11.6 Å². The van der Waals surface area contributed by atoms with E-state index in [0.717, 1.165) is 16.9 Å². The summed E-state index contributed by atoms with van der Waals surface area (Å²) in [5.74, 6) is 1.52. The number of rotatable bonds is 3. The van der Waals surface area contributed by atoms with Crippen molar-refractivity contribution in [2.45, 2.75) is 70.8 Å². The maximum Gasteiger partial charge on any atom is 0.0406 e. The fourth-order valence-electron chi connectivity index (χ4n) is 5.81. The standard InChI is InChI=1S/C24H37ClN2/c1-23(2,3)27-15-13-26(14-16-27)18-20-9-12-24(10-4-11-24)17-22(20)19-5-7-21(25)8-6-19/h5-8,20,22H,4,9-18H2,1-3H3. The molecule has 1 spiro atoms. The molecule has 2 unspecified atom stereocenters. The second kappa shape index (κ2) is 7.69. The molecule has 4 rings (SSSR count). The van der Waals surface area contributed by atoms with Gasteiger partial charge >= 0.3 is 0 Å². The van der Waals surface area contributed by atoms with E-state index in [-0.39, 0.29) is 0 Å². The van der Waals surface area contributed by atoms with Crippen LogP contribution in [0, 0.1) is 11.3 Å². The van der Waals surface area contributed by atoms with Gasteiger partial charge in [-0.2, -0.15) is 0 Å². The molecule has 3 heteroatoms. The van der Waals surface area contributed by atoms with E-state index in [9.17, 15) is 0 Å². The maximum absolute atomic E-state index is 6.17. The van der Waals surface area contributed by atoms with Crippen molar-refractivity contribution in [1.29, 1.82) is 0 Å². The van der Waals surface area contributed by atoms with E-state index in [1.165, 1.54) is 76.8 Å². The average Bonchev–Trinajstić information content (AvgIpc) is 2.61. The highest BCUT2D eigenvalue weighted by atomic mass is 35.5. The molecular weight excluding hydrogens is 352 g/mol. The summed E-state index contributed by atoms with van der Waals surface area (Å²) < 4.78 is 0. The van der Waals surface area contributed by atoms with Gasteiger partial charge in [-0.3, -0.25) is 4.90 Å². The minimum absolute atomic E-state index is 0.305. The average molecular weight is 389 g/mol. The van der Waals surface area contributed by atoms with Gasteiger partial charge in [0.1, 0.15) is 0 Å². The second-order valence-electron chi connectivity index (χ2n) is 10.5. The van der Waals surface area contributed by atoms with Gasteiger partial charge in [0.05, 0.1) is 0 Å². The number of halogens is 1. The molecule has 0 bridgehead atoms. The first-order valence-corrected chi connectivity index (χ1v) is 11.5. The first kappa shape index (κ1) is 19.7. The lowest BCUT2D eigenvalue weighted by Crippen LogP contribution is -2.54. The Bertz CT molecular complexity index is 621. The zero-order valence-electron chi connectivity index (χ0n) is 17.5. The minimum Gasteiger partial charge on any atom is -0.300 e. The largest absolute Gasteiger partial charge is 0.300 e. The zero-order valence-corrected chi connectivity index (χ0v) is 18.3. The van der Waals surface area contributed by atoms with E-state index >= 15 is 0 Å². The van der Waals surface area contributed by atoms with Crippen molar-refractivity contribution in [3.63, 3.8) is 0 Å². The van der Waals surface area contributed by atoms with Crippen LogP contribution in [0.3, 0.4) is 0 Å². The van der Waals surface area contributed by atoms with Gasteiger partial charge in [0.15, 0.2) is 0 Å². The first-order chi connectivity index (χ1) is 12.8. The summed E-state index contributed by atoms with van der Waals surface area (Å²) in [4.78, 5) is 5.39. The van der Waals surface area contributed by atoms with Crippen molar-refractivity contribution in [3.05, 3.63) is 34.9 Å². The summed E-state index contributed by atoms with van der Waals surface area (Å²) in [6, 6.07) is 8.79. The van der Waals surface area contributed by atoms with Gasteiger partial charge in [0.25, 0.3) is 0 Å². The van der Waals surface area contributed by atoms with Crippen LogP contribution in [-0.4, -0.2) is 48.1 Å². The van der Waals surface area contributed by atoms with Gasteiger partial charge < -0.3 is 4.90 Å². The van der Waals surface area contributed by atoms with Gasteiger partial charge in [-0.15, -0.1) is 0 Å². The van der Waals surface area contributed by atoms with Crippen LogP contribution in [0.2, 0.25) is 5.02 Å². The van der Waals surface area contributed by atoms with Gasteiger partial charge in [-0.05, 0) is 87.8 Å². The molecule has 1 saturated heterocycles. The molecule has 3 aliphatic rings. The summed E-state index contributed by atoms with van der Waals surface area (Å²) in [5.41, 5.74) is 2.51. The molecular formula is C24H37ClN2. The Morgan fingerprint density at radius 1 is 1.00 bits per heavy atom. The summed E-state index contributed by atoms with van der Waals surface area (Å²) in [6.45, 7) is 13.2. The van der Waals surface area contributed by atoms with Crippen LogP contribution in [0.15, 0.2) is 24.3 Å². The van der Waals surface area contributed by atoms with E-state index < -0.39 is 0 Å². The highest BCUT2D eigenvalue weighted by Gasteiger charge is 2.45. The van der Waals surface area contributed by atoms with E-state index in [1.54, 1.807) is 0 Å². The third kappa shape index (κ3) is 4.38. The molecule has 2 nitrogen and oxygen atoms in total. The topological polar surface area (TPSA) is 6.48 Å². The molecule has 0 amide bonds. The highest BCUT2D eigenvalue weighted by molar-refractivity contribution is 6.30. The number of benzene rings is 1. The second-order valence-corrected chi connectivity index (χ2v) is 10.9. The molecule has 2 saturated carbocycles. The Labute approximate surface area is 171 Å². The normalized spacial score (nSPS) is 29.6. The minimum atomic E-state index is 0.305. The first-order valence-electron chi connectivity index (χ1n) is 11.1. The number of hydrogen-bond donors (Lipinski definition) is 0. The number of piperazine rings is 1. The molecule has 0 aromatic heterocycles. The van der Waals surface area contributed by atoms with Crippen LogP contribution in [0.25, 0.3) is 0 Å². The molecule has 2 atom stereocenters. The van der Waals surface area contributed by atoms with Gasteiger partial charge in [-0.25, -0.2) is 0 Å². The lowest BCUT2D eigenvalue weighted by molar-refractivity contribution is 0.0139. The third-order valence-electron chi connectivity index (χ3n) is 7.79. The molecule has 27 heavy (non-hydrogen) atoms. The Hall–Kier alpha value is -0.570. The van der Waals surface area contributed by atoms with Gasteiger partial charge in [-0.1, -0.05) is 30.2 Å². The number of hydrogen-bond acceptors (Lipinski definition) is 2. The van der Waals surface area contributed by atoms with Crippen molar-refractivity contribution in [1.82, 2.24) is 9.80 Å². The van der Waals surface area contributed by atoms with Crippen molar-refractivity contribution < 1.29 is 0 Å². The predicted molar refractivity (Wildman–Crippen MR) is 116 cm³/mol. The van der Waals surface area contributed by atoms with Crippen LogP contribution in [-0.2, 0) is 0 Å². The molecule has 1 aromatic carbocycles. The summed E-state index contributed by atoms with van der Waals surface area (Å²) in [6.07, 6.45) is 8.66.